The number of hydrogen-bond donors (Lipinski definition) is 0. The van der Waals surface area contributed by atoms with E-state index in [1.807, 2.05) is 0 Å². The number of hydrogen-bond acceptors (Lipinski definition) is 7. The first-order valence-corrected chi connectivity index (χ1v) is 11.9. The molecule has 0 unspecified atom stereocenters. The van der Waals surface area contributed by atoms with Crippen molar-refractivity contribution in [2.24, 2.45) is 0 Å². The van der Waals surface area contributed by atoms with Crippen LogP contribution in [0.1, 0.15) is 44.9 Å². The minimum absolute atomic E-state index is 0.0572. The van der Waals surface area contributed by atoms with E-state index in [9.17, 15) is 4.39 Å². The zero-order valence-electron chi connectivity index (χ0n) is 17.8. The number of halogens is 3. The molecule has 5 heterocycles. The monoisotopic (exact) mass is 465 g/mol. The van der Waals surface area contributed by atoms with Gasteiger partial charge in [0.15, 0.2) is 11.0 Å². The van der Waals surface area contributed by atoms with E-state index >= 15 is 4.39 Å². The maximum Gasteiger partial charge on any atom is 0.319 e. The van der Waals surface area contributed by atoms with Gasteiger partial charge >= 0.3 is 6.01 Å². The average molecular weight is 466 g/mol. The summed E-state index contributed by atoms with van der Waals surface area (Å²) in [7, 11) is 0. The van der Waals surface area contributed by atoms with Gasteiger partial charge in [-0.3, -0.25) is 4.90 Å². The summed E-state index contributed by atoms with van der Waals surface area (Å²) < 4.78 is 41.1. The molecule has 0 spiro atoms. The molecule has 2 saturated heterocycles. The Kier molecular flexibility index (Phi) is 5.02. The van der Waals surface area contributed by atoms with Gasteiger partial charge in [-0.05, 0) is 45.1 Å². The van der Waals surface area contributed by atoms with Crippen LogP contribution in [-0.2, 0) is 0 Å². The Morgan fingerprint density at radius 1 is 1.16 bits per heavy atom. The molecule has 2 atom stereocenters. The van der Waals surface area contributed by atoms with E-state index in [0.29, 0.717) is 36.8 Å². The summed E-state index contributed by atoms with van der Waals surface area (Å²) in [5.41, 5.74) is -0.276. The predicted octanol–water partition coefficient (Wildman–Crippen LogP) is 3.91. The molecule has 172 valence electrons. The molecule has 0 aromatic carbocycles. The minimum Gasteiger partial charge on any atom is -0.477 e. The van der Waals surface area contributed by atoms with E-state index in [4.69, 9.17) is 26.1 Å². The molecule has 0 bridgehead atoms. The lowest BCUT2D eigenvalue weighted by molar-refractivity contribution is 0.107. The molecule has 0 N–H and O–H groups in total. The lowest BCUT2D eigenvalue weighted by atomic mass is 9.91. The zero-order valence-corrected chi connectivity index (χ0v) is 18.6. The van der Waals surface area contributed by atoms with Crippen LogP contribution in [0.5, 0.6) is 11.9 Å². The molecule has 4 aliphatic rings. The van der Waals surface area contributed by atoms with Crippen LogP contribution in [-0.4, -0.2) is 70.5 Å². The predicted molar refractivity (Wildman–Crippen MR) is 116 cm³/mol. The number of anilines is 1. The number of fused-ring (bicyclic) bond motifs is 1. The van der Waals surface area contributed by atoms with Gasteiger partial charge in [0.05, 0.1) is 12.1 Å². The van der Waals surface area contributed by atoms with Crippen LogP contribution in [0.15, 0.2) is 0 Å². The molecule has 2 aromatic rings. The van der Waals surface area contributed by atoms with Crippen molar-refractivity contribution in [1.82, 2.24) is 19.9 Å². The number of nitrogens with zero attached hydrogens (tertiary/aromatic N) is 5. The number of pyridine rings is 1. The number of alkyl halides is 1. The summed E-state index contributed by atoms with van der Waals surface area (Å²) in [5, 5.41) is 0.159. The van der Waals surface area contributed by atoms with E-state index < -0.39 is 12.0 Å². The Labute approximate surface area is 190 Å². The smallest absolute Gasteiger partial charge is 0.319 e. The van der Waals surface area contributed by atoms with Crippen LogP contribution in [0, 0.1) is 5.82 Å². The van der Waals surface area contributed by atoms with Gasteiger partial charge < -0.3 is 14.4 Å². The summed E-state index contributed by atoms with van der Waals surface area (Å²) in [4.78, 5) is 17.6. The normalized spacial score (nSPS) is 28.2. The molecule has 3 aliphatic heterocycles. The molecular formula is C22H26ClF2N5O2. The van der Waals surface area contributed by atoms with Gasteiger partial charge in [-0.1, -0.05) is 11.6 Å². The van der Waals surface area contributed by atoms with Crippen molar-refractivity contribution in [3.05, 3.63) is 11.0 Å². The Bertz CT molecular complexity index is 1050. The standard InChI is InChI=1S/C22H26ClF2N5O2/c23-18-16(25)17-15-19(30(14-4-1-5-14)8-3-9-31-20(15)27-18)28-21(26-17)32-12-22-6-2-7-29(22)11-13(24)10-22/h13-14H,1-12H2/t13-,22+/m1/s1. The average Bonchev–Trinajstić information content (AvgIpc) is 3.24. The quantitative estimate of drug-likeness (QED) is 0.634. The van der Waals surface area contributed by atoms with Gasteiger partial charge in [-0.15, -0.1) is 0 Å². The second-order valence-electron chi connectivity index (χ2n) is 9.42. The molecule has 3 fully saturated rings. The summed E-state index contributed by atoms with van der Waals surface area (Å²) >= 11 is 6.07. The van der Waals surface area contributed by atoms with Crippen molar-refractivity contribution < 1.29 is 18.3 Å². The molecule has 6 rings (SSSR count). The zero-order chi connectivity index (χ0) is 21.9. The van der Waals surface area contributed by atoms with Crippen LogP contribution >= 0.6 is 11.6 Å². The second kappa shape index (κ2) is 7.80. The SMILES string of the molecule is Fc1c(Cl)nc2c3c(nc(OC[C@@]45CCCN4C[C@H](F)C5)nc13)N(C1CCC1)CCCO2. The highest BCUT2D eigenvalue weighted by atomic mass is 35.5. The van der Waals surface area contributed by atoms with Gasteiger partial charge in [-0.2, -0.15) is 15.0 Å². The molecule has 1 saturated carbocycles. The highest BCUT2D eigenvalue weighted by Gasteiger charge is 2.49. The minimum atomic E-state index is -0.846. The Morgan fingerprint density at radius 3 is 2.84 bits per heavy atom. The van der Waals surface area contributed by atoms with Crippen LogP contribution in [0.4, 0.5) is 14.6 Å². The van der Waals surface area contributed by atoms with Gasteiger partial charge in [-0.25, -0.2) is 8.78 Å². The highest BCUT2D eigenvalue weighted by molar-refractivity contribution is 6.30. The van der Waals surface area contributed by atoms with Crippen LogP contribution in [0.25, 0.3) is 10.9 Å². The van der Waals surface area contributed by atoms with Gasteiger partial charge in [0, 0.05) is 25.6 Å². The van der Waals surface area contributed by atoms with Crippen molar-refractivity contribution in [3.63, 3.8) is 0 Å². The Morgan fingerprint density at radius 2 is 2.03 bits per heavy atom. The van der Waals surface area contributed by atoms with Crippen molar-refractivity contribution in [2.75, 3.05) is 37.7 Å². The fourth-order valence-electron chi connectivity index (χ4n) is 5.66. The summed E-state index contributed by atoms with van der Waals surface area (Å²) in [6, 6.07) is 0.435. The first kappa shape index (κ1) is 20.6. The molecule has 7 nitrogen and oxygen atoms in total. The molecule has 10 heteroatoms. The third-order valence-corrected chi connectivity index (χ3v) is 7.72. The molecule has 1 aliphatic carbocycles. The largest absolute Gasteiger partial charge is 0.477 e. The van der Waals surface area contributed by atoms with Crippen molar-refractivity contribution in [1.29, 1.82) is 0 Å². The fraction of sp³-hybridized carbons (Fsp3) is 0.682. The van der Waals surface area contributed by atoms with Crippen LogP contribution in [0.2, 0.25) is 5.15 Å². The number of ether oxygens (including phenoxy) is 2. The Hall–Kier alpha value is -2.00. The third kappa shape index (κ3) is 3.27. The van der Waals surface area contributed by atoms with E-state index in [-0.39, 0.29) is 34.7 Å². The van der Waals surface area contributed by atoms with Crippen molar-refractivity contribution >= 4 is 28.3 Å². The first-order valence-electron chi connectivity index (χ1n) is 11.5. The van der Waals surface area contributed by atoms with E-state index in [2.05, 4.69) is 19.8 Å². The number of rotatable bonds is 4. The molecule has 2 aromatic heterocycles. The van der Waals surface area contributed by atoms with Crippen molar-refractivity contribution in [3.8, 4) is 11.9 Å². The second-order valence-corrected chi connectivity index (χ2v) is 9.78. The summed E-state index contributed by atoms with van der Waals surface area (Å²) in [6.45, 7) is 2.82. The van der Waals surface area contributed by atoms with Gasteiger partial charge in [0.1, 0.15) is 29.5 Å². The van der Waals surface area contributed by atoms with Gasteiger partial charge in [0.25, 0.3) is 0 Å². The van der Waals surface area contributed by atoms with Crippen LogP contribution in [0.3, 0.4) is 0 Å². The van der Waals surface area contributed by atoms with Crippen LogP contribution < -0.4 is 14.4 Å². The third-order valence-electron chi connectivity index (χ3n) is 7.47. The topological polar surface area (TPSA) is 63.6 Å². The first-order chi connectivity index (χ1) is 15.5. The number of aromatic nitrogens is 3. The molecular weight excluding hydrogens is 440 g/mol. The molecule has 0 amide bonds. The maximum atomic E-state index is 15.1. The van der Waals surface area contributed by atoms with E-state index in [1.54, 1.807) is 0 Å². The summed E-state index contributed by atoms with van der Waals surface area (Å²) in [5.74, 6) is 0.138. The van der Waals surface area contributed by atoms with E-state index in [0.717, 1.165) is 51.6 Å². The van der Waals surface area contributed by atoms with E-state index in [1.165, 1.54) is 0 Å². The molecule has 32 heavy (non-hydrogen) atoms. The highest BCUT2D eigenvalue weighted by Crippen LogP contribution is 2.42. The lowest BCUT2D eigenvalue weighted by Gasteiger charge is -2.39. The van der Waals surface area contributed by atoms with Crippen molar-refractivity contribution in [2.45, 2.75) is 62.7 Å². The molecule has 0 radical (unpaired) electrons. The van der Waals surface area contributed by atoms with Gasteiger partial charge in [0.2, 0.25) is 5.88 Å². The summed E-state index contributed by atoms with van der Waals surface area (Å²) in [6.07, 6.45) is 5.60. The Balaban J connectivity index is 1.42. The lowest BCUT2D eigenvalue weighted by Crippen LogP contribution is -2.44. The fourth-order valence-corrected chi connectivity index (χ4v) is 5.83. The maximum absolute atomic E-state index is 15.1.